The van der Waals surface area contributed by atoms with Crippen molar-refractivity contribution < 1.29 is 21.6 Å². The predicted octanol–water partition coefficient (Wildman–Crippen LogP) is 2.36. The molecule has 0 bridgehead atoms. The van der Waals surface area contributed by atoms with Gasteiger partial charge in [0.2, 0.25) is 10.0 Å². The highest BCUT2D eigenvalue weighted by Gasteiger charge is 2.35. The maximum atomic E-state index is 12.5. The Bertz CT molecular complexity index is 581. The number of halogens is 4. The van der Waals surface area contributed by atoms with Crippen LogP contribution in [-0.4, -0.2) is 56.5 Å². The average Bonchev–Trinajstić information content (AvgIpc) is 2.86. The highest BCUT2D eigenvalue weighted by atomic mass is 35.5. The SMILES string of the molecule is O=S(=O)(c1ccsc1CCl)N1CCN(CC(F)(F)F)CC1. The highest BCUT2D eigenvalue weighted by molar-refractivity contribution is 7.89. The van der Waals surface area contributed by atoms with Crippen molar-refractivity contribution in [2.75, 3.05) is 32.7 Å². The van der Waals surface area contributed by atoms with Crippen LogP contribution in [0.4, 0.5) is 13.2 Å². The third-order valence-electron chi connectivity index (χ3n) is 3.18. The molecule has 21 heavy (non-hydrogen) atoms. The van der Waals surface area contributed by atoms with Crippen LogP contribution in [-0.2, 0) is 15.9 Å². The summed E-state index contributed by atoms with van der Waals surface area (Å²) < 4.78 is 63.0. The Kier molecular flexibility index (Phi) is 5.19. The van der Waals surface area contributed by atoms with Gasteiger partial charge in [0.25, 0.3) is 0 Å². The van der Waals surface area contributed by atoms with Crippen LogP contribution < -0.4 is 0 Å². The molecule has 1 saturated heterocycles. The van der Waals surface area contributed by atoms with E-state index in [4.69, 9.17) is 11.6 Å². The maximum absolute atomic E-state index is 12.5. The molecule has 0 amide bonds. The first-order valence-electron chi connectivity index (χ1n) is 6.15. The molecule has 1 aromatic heterocycles. The Hall–Kier alpha value is -0.350. The van der Waals surface area contributed by atoms with E-state index in [1.807, 2.05) is 0 Å². The Morgan fingerprint density at radius 1 is 1.24 bits per heavy atom. The fourth-order valence-electron chi connectivity index (χ4n) is 2.18. The van der Waals surface area contributed by atoms with Crippen LogP contribution in [0.25, 0.3) is 0 Å². The summed E-state index contributed by atoms with van der Waals surface area (Å²) >= 11 is 6.96. The van der Waals surface area contributed by atoms with E-state index in [2.05, 4.69) is 0 Å². The molecule has 1 fully saturated rings. The van der Waals surface area contributed by atoms with Crippen molar-refractivity contribution in [2.24, 2.45) is 0 Å². The van der Waals surface area contributed by atoms with Gasteiger partial charge in [-0.25, -0.2) is 8.42 Å². The number of rotatable bonds is 4. The van der Waals surface area contributed by atoms with Gasteiger partial charge < -0.3 is 0 Å². The van der Waals surface area contributed by atoms with E-state index in [1.54, 1.807) is 5.38 Å². The van der Waals surface area contributed by atoms with E-state index in [9.17, 15) is 21.6 Å². The molecule has 0 unspecified atom stereocenters. The van der Waals surface area contributed by atoms with Crippen LogP contribution in [0.5, 0.6) is 0 Å². The number of nitrogens with zero attached hydrogens (tertiary/aromatic N) is 2. The highest BCUT2D eigenvalue weighted by Crippen LogP contribution is 2.27. The summed E-state index contributed by atoms with van der Waals surface area (Å²) in [4.78, 5) is 1.92. The first kappa shape index (κ1) is 17.0. The standard InChI is InChI=1S/C11H14ClF3N2O2S2/c12-7-9-10(1-6-20-9)21(18,19)17-4-2-16(3-5-17)8-11(13,14)15/h1,6H,2-5,7-8H2. The lowest BCUT2D eigenvalue weighted by molar-refractivity contribution is -0.148. The summed E-state index contributed by atoms with van der Waals surface area (Å²) in [6.07, 6.45) is -4.26. The normalized spacial score (nSPS) is 19.0. The second kappa shape index (κ2) is 6.41. The van der Waals surface area contributed by atoms with E-state index in [-0.39, 0.29) is 37.0 Å². The van der Waals surface area contributed by atoms with Crippen molar-refractivity contribution in [1.29, 1.82) is 0 Å². The molecular weight excluding hydrogens is 349 g/mol. The number of thiophene rings is 1. The molecule has 0 saturated carbocycles. The zero-order valence-corrected chi connectivity index (χ0v) is 13.3. The minimum atomic E-state index is -4.26. The molecule has 0 spiro atoms. The summed E-state index contributed by atoms with van der Waals surface area (Å²) in [7, 11) is -3.68. The molecule has 1 aliphatic heterocycles. The van der Waals surface area contributed by atoms with Crippen LogP contribution in [0, 0.1) is 0 Å². The van der Waals surface area contributed by atoms with Crippen LogP contribution in [0.15, 0.2) is 16.3 Å². The van der Waals surface area contributed by atoms with E-state index in [0.29, 0.717) is 4.88 Å². The Morgan fingerprint density at radius 3 is 2.38 bits per heavy atom. The molecule has 0 aliphatic carbocycles. The number of hydrogen-bond acceptors (Lipinski definition) is 4. The van der Waals surface area contributed by atoms with Crippen molar-refractivity contribution in [3.05, 3.63) is 16.3 Å². The Morgan fingerprint density at radius 2 is 1.86 bits per heavy atom. The van der Waals surface area contributed by atoms with Gasteiger partial charge in [-0.2, -0.15) is 17.5 Å². The first-order chi connectivity index (χ1) is 9.74. The zero-order valence-electron chi connectivity index (χ0n) is 10.9. The van der Waals surface area contributed by atoms with Gasteiger partial charge in [-0.05, 0) is 11.4 Å². The number of alkyl halides is 4. The van der Waals surface area contributed by atoms with Crippen molar-refractivity contribution in [1.82, 2.24) is 9.21 Å². The fraction of sp³-hybridized carbons (Fsp3) is 0.636. The molecule has 1 aromatic rings. The van der Waals surface area contributed by atoms with Crippen molar-refractivity contribution in [3.63, 3.8) is 0 Å². The van der Waals surface area contributed by atoms with Gasteiger partial charge in [-0.1, -0.05) is 0 Å². The molecule has 0 radical (unpaired) electrons. The largest absolute Gasteiger partial charge is 0.401 e. The first-order valence-corrected chi connectivity index (χ1v) is 9.01. The third-order valence-corrected chi connectivity index (χ3v) is 6.64. The second-order valence-electron chi connectivity index (χ2n) is 4.64. The molecule has 0 aromatic carbocycles. The van der Waals surface area contributed by atoms with Gasteiger partial charge in [0.15, 0.2) is 0 Å². The number of piperazine rings is 1. The zero-order chi connectivity index (χ0) is 15.7. The molecule has 2 rings (SSSR count). The summed E-state index contributed by atoms with van der Waals surface area (Å²) in [5.41, 5.74) is 0. The minimum Gasteiger partial charge on any atom is -0.292 e. The quantitative estimate of drug-likeness (QED) is 0.772. The molecule has 0 N–H and O–H groups in total. The van der Waals surface area contributed by atoms with E-state index >= 15 is 0 Å². The summed E-state index contributed by atoms with van der Waals surface area (Å²) in [5, 5.41) is 1.64. The van der Waals surface area contributed by atoms with Crippen LogP contribution in [0.1, 0.15) is 4.88 Å². The van der Waals surface area contributed by atoms with Crippen LogP contribution in [0.3, 0.4) is 0 Å². The second-order valence-corrected chi connectivity index (χ2v) is 7.81. The monoisotopic (exact) mass is 362 g/mol. The smallest absolute Gasteiger partial charge is 0.292 e. The van der Waals surface area contributed by atoms with Crippen LogP contribution in [0.2, 0.25) is 0 Å². The third kappa shape index (κ3) is 4.10. The van der Waals surface area contributed by atoms with E-state index in [1.165, 1.54) is 26.6 Å². The molecule has 10 heteroatoms. The molecule has 0 atom stereocenters. The number of hydrogen-bond donors (Lipinski definition) is 0. The summed E-state index contributed by atoms with van der Waals surface area (Å²) in [6.45, 7) is -0.767. The minimum absolute atomic E-state index is 0.0516. The summed E-state index contributed by atoms with van der Waals surface area (Å²) in [6, 6.07) is 1.49. The van der Waals surface area contributed by atoms with E-state index in [0.717, 1.165) is 0 Å². The van der Waals surface area contributed by atoms with Gasteiger partial charge in [0.05, 0.1) is 17.3 Å². The maximum Gasteiger partial charge on any atom is 0.401 e. The van der Waals surface area contributed by atoms with E-state index < -0.39 is 22.7 Å². The van der Waals surface area contributed by atoms with Gasteiger partial charge in [-0.3, -0.25) is 4.90 Å². The lowest BCUT2D eigenvalue weighted by atomic mass is 10.3. The fourth-order valence-corrected chi connectivity index (χ4v) is 5.27. The summed E-state index contributed by atoms with van der Waals surface area (Å²) in [5.74, 6) is 0.0975. The van der Waals surface area contributed by atoms with Crippen molar-refractivity contribution in [3.8, 4) is 0 Å². The molecule has 2 heterocycles. The van der Waals surface area contributed by atoms with Gasteiger partial charge in [-0.15, -0.1) is 22.9 Å². The Balaban J connectivity index is 2.05. The average molecular weight is 363 g/mol. The van der Waals surface area contributed by atoms with Crippen LogP contribution >= 0.6 is 22.9 Å². The van der Waals surface area contributed by atoms with Crippen molar-refractivity contribution in [2.45, 2.75) is 17.0 Å². The lowest BCUT2D eigenvalue weighted by Crippen LogP contribution is -2.50. The Labute approximate surface area is 130 Å². The predicted molar refractivity (Wildman–Crippen MR) is 75.1 cm³/mol. The van der Waals surface area contributed by atoms with Gasteiger partial charge in [0.1, 0.15) is 0 Å². The number of sulfonamides is 1. The molecule has 1 aliphatic rings. The van der Waals surface area contributed by atoms with Crippen molar-refractivity contribution >= 4 is 33.0 Å². The molecule has 4 nitrogen and oxygen atoms in total. The van der Waals surface area contributed by atoms with Gasteiger partial charge in [0, 0.05) is 31.1 Å². The van der Waals surface area contributed by atoms with Gasteiger partial charge >= 0.3 is 6.18 Å². The molecular formula is C11H14ClF3N2O2S2. The molecule has 120 valence electrons. The topological polar surface area (TPSA) is 40.6 Å². The lowest BCUT2D eigenvalue weighted by Gasteiger charge is -2.34.